The van der Waals surface area contributed by atoms with E-state index in [0.29, 0.717) is 14.8 Å². The third-order valence-corrected chi connectivity index (χ3v) is 4.96. The monoisotopic (exact) mass is 310 g/mol. The number of carbonyl (C=O) groups excluding carboxylic acids is 1. The largest absolute Gasteiger partial charge is 0.476 e. The molecule has 0 saturated heterocycles. The molecule has 2 aromatic rings. The van der Waals surface area contributed by atoms with E-state index >= 15 is 0 Å². The summed E-state index contributed by atoms with van der Waals surface area (Å²) in [6.45, 7) is 5.89. The second-order valence-electron chi connectivity index (χ2n) is 4.35. The second kappa shape index (κ2) is 5.72. The topological polar surface area (TPSA) is 79.3 Å². The smallest absolute Gasteiger partial charge is 0.355 e. The first kappa shape index (κ1) is 14.7. The number of aromatic carboxylic acids is 1. The van der Waals surface area contributed by atoms with Crippen LogP contribution in [0.15, 0.2) is 6.07 Å². The van der Waals surface area contributed by atoms with Gasteiger partial charge in [-0.05, 0) is 32.4 Å². The molecule has 0 aliphatic carbocycles. The van der Waals surface area contributed by atoms with Crippen molar-refractivity contribution in [1.29, 1.82) is 0 Å². The van der Waals surface area contributed by atoms with E-state index < -0.39 is 5.97 Å². The van der Waals surface area contributed by atoms with Crippen LogP contribution in [-0.4, -0.2) is 22.0 Å². The number of hydrogen-bond donors (Lipinski definition) is 2. The van der Waals surface area contributed by atoms with Crippen molar-refractivity contribution in [2.24, 2.45) is 0 Å². The third kappa shape index (κ3) is 3.05. The standard InChI is InChI=1S/C13H14N2O3S2/c1-6-4-9(19-7(6)2)12(16)14-5-10-15-11(13(17)18)8(3)20-10/h4H,5H2,1-3H3,(H,14,16)(H,17,18). The molecule has 0 spiro atoms. The molecular formula is C13H14N2O3S2. The molecule has 2 aromatic heterocycles. The fourth-order valence-electron chi connectivity index (χ4n) is 1.65. The van der Waals surface area contributed by atoms with Gasteiger partial charge in [-0.25, -0.2) is 9.78 Å². The van der Waals surface area contributed by atoms with Crippen LogP contribution in [-0.2, 0) is 6.54 Å². The van der Waals surface area contributed by atoms with Crippen LogP contribution in [0.1, 0.15) is 40.5 Å². The van der Waals surface area contributed by atoms with Crippen LogP contribution < -0.4 is 5.32 Å². The first-order chi connectivity index (χ1) is 9.38. The van der Waals surface area contributed by atoms with Gasteiger partial charge in [0.1, 0.15) is 5.01 Å². The van der Waals surface area contributed by atoms with Gasteiger partial charge in [-0.2, -0.15) is 0 Å². The Balaban J connectivity index is 2.03. The number of hydrogen-bond acceptors (Lipinski definition) is 5. The van der Waals surface area contributed by atoms with E-state index in [0.717, 1.165) is 10.4 Å². The summed E-state index contributed by atoms with van der Waals surface area (Å²) in [6.07, 6.45) is 0. The fraction of sp³-hybridized carbons (Fsp3) is 0.308. The Bertz CT molecular complexity index is 654. The zero-order valence-corrected chi connectivity index (χ0v) is 12.9. The van der Waals surface area contributed by atoms with E-state index in [1.165, 1.54) is 22.7 Å². The maximum atomic E-state index is 12.0. The predicted molar refractivity (Wildman–Crippen MR) is 78.8 cm³/mol. The van der Waals surface area contributed by atoms with Crippen LogP contribution in [0.25, 0.3) is 0 Å². The van der Waals surface area contributed by atoms with Gasteiger partial charge in [0.05, 0.1) is 11.4 Å². The van der Waals surface area contributed by atoms with Gasteiger partial charge >= 0.3 is 5.97 Å². The number of thiazole rings is 1. The number of nitrogens with one attached hydrogen (secondary N) is 1. The molecule has 2 N–H and O–H groups in total. The number of thiophene rings is 1. The van der Waals surface area contributed by atoms with Crippen molar-refractivity contribution in [2.45, 2.75) is 27.3 Å². The minimum atomic E-state index is -1.04. The molecule has 0 radical (unpaired) electrons. The minimum Gasteiger partial charge on any atom is -0.476 e. The van der Waals surface area contributed by atoms with E-state index in [1.807, 2.05) is 19.9 Å². The zero-order valence-electron chi connectivity index (χ0n) is 11.3. The highest BCUT2D eigenvalue weighted by atomic mass is 32.1. The summed E-state index contributed by atoms with van der Waals surface area (Å²) in [7, 11) is 0. The van der Waals surface area contributed by atoms with Gasteiger partial charge in [-0.15, -0.1) is 22.7 Å². The summed E-state index contributed by atoms with van der Waals surface area (Å²) < 4.78 is 0. The summed E-state index contributed by atoms with van der Waals surface area (Å²) >= 11 is 2.73. The summed E-state index contributed by atoms with van der Waals surface area (Å²) in [5.41, 5.74) is 1.15. The maximum absolute atomic E-state index is 12.0. The number of carboxylic acid groups (broad SMARTS) is 1. The van der Waals surface area contributed by atoms with Crippen molar-refractivity contribution in [2.75, 3.05) is 0 Å². The third-order valence-electron chi connectivity index (χ3n) is 2.83. The Morgan fingerprint density at radius 2 is 1.95 bits per heavy atom. The summed E-state index contributed by atoms with van der Waals surface area (Å²) in [5.74, 6) is -1.20. The molecule has 0 atom stereocenters. The van der Waals surface area contributed by atoms with Gasteiger partial charge in [0.15, 0.2) is 5.69 Å². The molecule has 0 aliphatic rings. The SMILES string of the molecule is Cc1cc(C(=O)NCc2nc(C(=O)O)c(C)s2)sc1C. The molecule has 0 unspecified atom stereocenters. The highest BCUT2D eigenvalue weighted by Crippen LogP contribution is 2.21. The van der Waals surface area contributed by atoms with E-state index in [9.17, 15) is 9.59 Å². The summed E-state index contributed by atoms with van der Waals surface area (Å²) in [5, 5.41) is 12.3. The van der Waals surface area contributed by atoms with Gasteiger partial charge in [0.25, 0.3) is 5.91 Å². The highest BCUT2D eigenvalue weighted by Gasteiger charge is 2.15. The molecular weight excluding hydrogens is 296 g/mol. The average Bonchev–Trinajstić information content (AvgIpc) is 2.91. The maximum Gasteiger partial charge on any atom is 0.355 e. The molecule has 2 heterocycles. The van der Waals surface area contributed by atoms with E-state index in [2.05, 4.69) is 10.3 Å². The van der Waals surface area contributed by atoms with Crippen LogP contribution in [0.5, 0.6) is 0 Å². The molecule has 20 heavy (non-hydrogen) atoms. The number of carbonyl (C=O) groups is 2. The van der Waals surface area contributed by atoms with Gasteiger partial charge in [0.2, 0.25) is 0 Å². The van der Waals surface area contributed by atoms with E-state index in [-0.39, 0.29) is 18.1 Å². The first-order valence-corrected chi connectivity index (χ1v) is 7.56. The number of aryl methyl sites for hydroxylation is 3. The zero-order chi connectivity index (χ0) is 14.9. The lowest BCUT2D eigenvalue weighted by Crippen LogP contribution is -2.21. The van der Waals surface area contributed by atoms with Gasteiger partial charge in [-0.1, -0.05) is 0 Å². The van der Waals surface area contributed by atoms with Crippen LogP contribution in [0.4, 0.5) is 0 Å². The van der Waals surface area contributed by atoms with Crippen LogP contribution in [0, 0.1) is 20.8 Å². The molecule has 0 aliphatic heterocycles. The fourth-order valence-corrected chi connectivity index (χ4v) is 3.47. The lowest BCUT2D eigenvalue weighted by molar-refractivity contribution is 0.0690. The Labute approximate surface area is 124 Å². The highest BCUT2D eigenvalue weighted by molar-refractivity contribution is 7.14. The Kier molecular flexibility index (Phi) is 4.20. The number of amides is 1. The number of rotatable bonds is 4. The normalized spacial score (nSPS) is 10.6. The number of aromatic nitrogens is 1. The molecule has 106 valence electrons. The van der Waals surface area contributed by atoms with Gasteiger partial charge in [-0.3, -0.25) is 4.79 Å². The van der Waals surface area contributed by atoms with E-state index in [1.54, 1.807) is 6.92 Å². The van der Waals surface area contributed by atoms with Crippen LogP contribution >= 0.6 is 22.7 Å². The average molecular weight is 310 g/mol. The first-order valence-electron chi connectivity index (χ1n) is 5.93. The number of carboxylic acids is 1. The van der Waals surface area contributed by atoms with Crippen LogP contribution in [0.2, 0.25) is 0 Å². The summed E-state index contributed by atoms with van der Waals surface area (Å²) in [4.78, 5) is 29.3. The number of nitrogens with zero attached hydrogens (tertiary/aromatic N) is 1. The van der Waals surface area contributed by atoms with Crippen molar-refractivity contribution in [3.8, 4) is 0 Å². The van der Waals surface area contributed by atoms with E-state index in [4.69, 9.17) is 5.11 Å². The quantitative estimate of drug-likeness (QED) is 0.910. The molecule has 7 heteroatoms. The summed E-state index contributed by atoms with van der Waals surface area (Å²) in [6, 6.07) is 1.85. The second-order valence-corrected chi connectivity index (χ2v) is 6.89. The molecule has 0 aromatic carbocycles. The Morgan fingerprint density at radius 1 is 1.25 bits per heavy atom. The van der Waals surface area contributed by atoms with Gasteiger partial charge in [0, 0.05) is 9.75 Å². The molecule has 0 saturated carbocycles. The lowest BCUT2D eigenvalue weighted by Gasteiger charge is -1.99. The molecule has 5 nitrogen and oxygen atoms in total. The van der Waals surface area contributed by atoms with Crippen molar-refractivity contribution in [3.05, 3.63) is 37.0 Å². The molecule has 2 rings (SSSR count). The molecule has 0 bridgehead atoms. The van der Waals surface area contributed by atoms with Crippen molar-refractivity contribution >= 4 is 34.6 Å². The molecule has 1 amide bonds. The molecule has 0 fully saturated rings. The van der Waals surface area contributed by atoms with Crippen molar-refractivity contribution in [1.82, 2.24) is 10.3 Å². The Hall–Kier alpha value is -1.73. The minimum absolute atomic E-state index is 0.0575. The lowest BCUT2D eigenvalue weighted by atomic mass is 10.3. The van der Waals surface area contributed by atoms with Crippen molar-refractivity contribution in [3.63, 3.8) is 0 Å². The van der Waals surface area contributed by atoms with Gasteiger partial charge < -0.3 is 10.4 Å². The van der Waals surface area contributed by atoms with Crippen LogP contribution in [0.3, 0.4) is 0 Å². The predicted octanol–water partition coefficient (Wildman–Crippen LogP) is 2.76. The van der Waals surface area contributed by atoms with Crippen molar-refractivity contribution < 1.29 is 14.7 Å². The Morgan fingerprint density at radius 3 is 2.45 bits per heavy atom.